The van der Waals surface area contributed by atoms with E-state index in [1.807, 2.05) is 24.3 Å². The van der Waals surface area contributed by atoms with Crippen LogP contribution < -0.4 is 4.74 Å². The van der Waals surface area contributed by atoms with Crippen molar-refractivity contribution in [2.24, 2.45) is 0 Å². The van der Waals surface area contributed by atoms with E-state index in [2.05, 4.69) is 20.9 Å². The maximum Gasteiger partial charge on any atom is 0.213 e. The van der Waals surface area contributed by atoms with Crippen LogP contribution in [0.25, 0.3) is 0 Å². The minimum Gasteiger partial charge on any atom is -0.487 e. The smallest absolute Gasteiger partial charge is 0.213 e. The van der Waals surface area contributed by atoms with Crippen LogP contribution in [0.5, 0.6) is 5.75 Å². The van der Waals surface area contributed by atoms with Gasteiger partial charge in [-0.05, 0) is 29.8 Å². The Kier molecular flexibility index (Phi) is 3.51. The lowest BCUT2D eigenvalue weighted by molar-refractivity contribution is 0.304. The Morgan fingerprint density at radius 1 is 1.12 bits per heavy atom. The van der Waals surface area contributed by atoms with Gasteiger partial charge in [-0.3, -0.25) is 0 Å². The van der Waals surface area contributed by atoms with Gasteiger partial charge in [0, 0.05) is 4.47 Å². The van der Waals surface area contributed by atoms with Gasteiger partial charge in [-0.1, -0.05) is 28.1 Å². The Balaban J connectivity index is 1.97. The van der Waals surface area contributed by atoms with Crippen LogP contribution >= 0.6 is 15.9 Å². The lowest BCUT2D eigenvalue weighted by Crippen LogP contribution is -1.95. The van der Waals surface area contributed by atoms with Gasteiger partial charge in [-0.15, -0.1) is 0 Å². The molecule has 0 aliphatic carbocycles. The van der Waals surface area contributed by atoms with Gasteiger partial charge in [0.2, 0.25) is 5.95 Å². The third-order valence-electron chi connectivity index (χ3n) is 2.02. The molecular formula is C12H9BrFNO. The minimum absolute atomic E-state index is 0.445. The highest BCUT2D eigenvalue weighted by Gasteiger charge is 1.97. The topological polar surface area (TPSA) is 22.1 Å². The van der Waals surface area contributed by atoms with Crippen molar-refractivity contribution in [1.29, 1.82) is 0 Å². The summed E-state index contributed by atoms with van der Waals surface area (Å²) in [6.45, 7) is 0.445. The summed E-state index contributed by atoms with van der Waals surface area (Å²) in [4.78, 5) is 3.51. The van der Waals surface area contributed by atoms with Crippen LogP contribution in [0.4, 0.5) is 4.39 Å². The van der Waals surface area contributed by atoms with Gasteiger partial charge in [0.15, 0.2) is 0 Å². The molecule has 1 aromatic carbocycles. The number of benzene rings is 1. The molecule has 1 heterocycles. The lowest BCUT2D eigenvalue weighted by Gasteiger charge is -2.05. The molecule has 2 rings (SSSR count). The van der Waals surface area contributed by atoms with Gasteiger partial charge in [0.05, 0.1) is 6.20 Å². The quantitative estimate of drug-likeness (QED) is 0.803. The summed E-state index contributed by atoms with van der Waals surface area (Å²) in [5.41, 5.74) is 1.05. The summed E-state index contributed by atoms with van der Waals surface area (Å²) in [5, 5.41) is 0. The Morgan fingerprint density at radius 3 is 2.50 bits per heavy atom. The average Bonchev–Trinajstić information content (AvgIpc) is 2.30. The number of pyridine rings is 1. The minimum atomic E-state index is -0.504. The molecule has 0 amide bonds. The first-order valence-corrected chi connectivity index (χ1v) is 5.52. The van der Waals surface area contributed by atoms with Gasteiger partial charge in [0.1, 0.15) is 12.4 Å². The Hall–Kier alpha value is -1.42. The molecule has 0 bridgehead atoms. The van der Waals surface area contributed by atoms with Crippen LogP contribution in [0, 0.1) is 5.95 Å². The molecule has 16 heavy (non-hydrogen) atoms. The summed E-state index contributed by atoms with van der Waals surface area (Å²) in [6.07, 6.45) is 1.37. The van der Waals surface area contributed by atoms with Crippen molar-refractivity contribution in [3.05, 3.63) is 58.6 Å². The first kappa shape index (κ1) is 11.1. The predicted molar refractivity (Wildman–Crippen MR) is 62.7 cm³/mol. The van der Waals surface area contributed by atoms with Crippen molar-refractivity contribution in [3.63, 3.8) is 0 Å². The Bertz CT molecular complexity index is 410. The third kappa shape index (κ3) is 3.03. The molecule has 2 aromatic rings. The molecule has 82 valence electrons. The molecule has 0 fully saturated rings. The second-order valence-electron chi connectivity index (χ2n) is 3.23. The van der Waals surface area contributed by atoms with Gasteiger partial charge < -0.3 is 4.74 Å². The van der Waals surface area contributed by atoms with Crippen LogP contribution in [-0.4, -0.2) is 4.98 Å². The second-order valence-corrected chi connectivity index (χ2v) is 4.15. The molecule has 2 nitrogen and oxygen atoms in total. The SMILES string of the molecule is Fc1ccc(OCc2ccc(Br)cc2)cn1. The highest BCUT2D eigenvalue weighted by atomic mass is 79.9. The number of ether oxygens (including phenoxy) is 1. The predicted octanol–water partition coefficient (Wildman–Crippen LogP) is 3.56. The summed E-state index contributed by atoms with van der Waals surface area (Å²) >= 11 is 3.36. The van der Waals surface area contributed by atoms with Crippen molar-refractivity contribution in [2.45, 2.75) is 6.61 Å². The van der Waals surface area contributed by atoms with Crippen LogP contribution in [0.1, 0.15) is 5.56 Å². The fourth-order valence-electron chi connectivity index (χ4n) is 1.19. The summed E-state index contributed by atoms with van der Waals surface area (Å²) in [6, 6.07) is 10.6. The van der Waals surface area contributed by atoms with E-state index < -0.39 is 5.95 Å². The van der Waals surface area contributed by atoms with E-state index in [1.54, 1.807) is 6.07 Å². The van der Waals surface area contributed by atoms with Crippen molar-refractivity contribution in [1.82, 2.24) is 4.98 Å². The lowest BCUT2D eigenvalue weighted by atomic mass is 10.2. The number of hydrogen-bond acceptors (Lipinski definition) is 2. The van der Waals surface area contributed by atoms with Gasteiger partial charge >= 0.3 is 0 Å². The normalized spacial score (nSPS) is 10.1. The van der Waals surface area contributed by atoms with E-state index in [1.165, 1.54) is 12.3 Å². The van der Waals surface area contributed by atoms with Crippen LogP contribution in [0.3, 0.4) is 0 Å². The largest absolute Gasteiger partial charge is 0.487 e. The molecule has 0 aliphatic heterocycles. The fourth-order valence-corrected chi connectivity index (χ4v) is 1.46. The zero-order valence-corrected chi connectivity index (χ0v) is 9.95. The molecule has 0 unspecified atom stereocenters. The monoisotopic (exact) mass is 281 g/mol. The molecule has 0 radical (unpaired) electrons. The number of halogens is 2. The van der Waals surface area contributed by atoms with E-state index in [9.17, 15) is 4.39 Å². The number of hydrogen-bond donors (Lipinski definition) is 0. The molecule has 1 aromatic heterocycles. The van der Waals surface area contributed by atoms with E-state index in [4.69, 9.17) is 4.74 Å². The maximum absolute atomic E-state index is 12.5. The third-order valence-corrected chi connectivity index (χ3v) is 2.55. The molecule has 0 atom stereocenters. The van der Waals surface area contributed by atoms with Gasteiger partial charge in [0.25, 0.3) is 0 Å². The molecule has 4 heteroatoms. The van der Waals surface area contributed by atoms with Crippen molar-refractivity contribution >= 4 is 15.9 Å². The maximum atomic E-state index is 12.5. The summed E-state index contributed by atoms with van der Waals surface area (Å²) < 4.78 is 19.0. The zero-order chi connectivity index (χ0) is 11.4. The summed E-state index contributed by atoms with van der Waals surface area (Å²) in [5.74, 6) is 0.0558. The highest BCUT2D eigenvalue weighted by Crippen LogP contribution is 2.14. The standard InChI is InChI=1S/C12H9BrFNO/c13-10-3-1-9(2-4-10)8-16-11-5-6-12(14)15-7-11/h1-7H,8H2. The second kappa shape index (κ2) is 5.07. The Morgan fingerprint density at radius 2 is 1.88 bits per heavy atom. The van der Waals surface area contributed by atoms with Crippen LogP contribution in [0.15, 0.2) is 47.1 Å². The van der Waals surface area contributed by atoms with Gasteiger partial charge in [-0.25, -0.2) is 4.98 Å². The number of aromatic nitrogens is 1. The van der Waals surface area contributed by atoms with E-state index >= 15 is 0 Å². The van der Waals surface area contributed by atoms with Crippen molar-refractivity contribution in [2.75, 3.05) is 0 Å². The number of rotatable bonds is 3. The van der Waals surface area contributed by atoms with Crippen LogP contribution in [0.2, 0.25) is 0 Å². The molecule has 0 spiro atoms. The molecule has 0 saturated heterocycles. The Labute approximate surface area is 101 Å². The molecular weight excluding hydrogens is 273 g/mol. The van der Waals surface area contributed by atoms with Gasteiger partial charge in [-0.2, -0.15) is 4.39 Å². The van der Waals surface area contributed by atoms with E-state index in [0.29, 0.717) is 12.4 Å². The van der Waals surface area contributed by atoms with E-state index in [0.717, 1.165) is 10.0 Å². The zero-order valence-electron chi connectivity index (χ0n) is 8.36. The first-order valence-electron chi connectivity index (χ1n) is 4.73. The molecule has 0 N–H and O–H groups in total. The van der Waals surface area contributed by atoms with E-state index in [-0.39, 0.29) is 0 Å². The molecule has 0 saturated carbocycles. The van der Waals surface area contributed by atoms with Crippen molar-refractivity contribution in [3.8, 4) is 5.75 Å². The summed E-state index contributed by atoms with van der Waals surface area (Å²) in [7, 11) is 0. The van der Waals surface area contributed by atoms with Crippen LogP contribution in [-0.2, 0) is 6.61 Å². The first-order chi connectivity index (χ1) is 7.74. The average molecular weight is 282 g/mol. The highest BCUT2D eigenvalue weighted by molar-refractivity contribution is 9.10. The fraction of sp³-hybridized carbons (Fsp3) is 0.0833. The number of nitrogens with zero attached hydrogens (tertiary/aromatic N) is 1. The van der Waals surface area contributed by atoms with Crippen molar-refractivity contribution < 1.29 is 9.13 Å². The molecule has 0 aliphatic rings.